The maximum atomic E-state index is 11.9. The number of nitriles is 1. The first-order valence-corrected chi connectivity index (χ1v) is 6.13. The van der Waals surface area contributed by atoms with Crippen LogP contribution in [0.2, 0.25) is 0 Å². The maximum Gasteiger partial charge on any atom is 0.244 e. The third kappa shape index (κ3) is 2.15. The molecule has 5 nitrogen and oxygen atoms in total. The van der Waals surface area contributed by atoms with Crippen molar-refractivity contribution in [1.29, 1.82) is 5.26 Å². The normalized spacial score (nSPS) is 11.4. The van der Waals surface area contributed by atoms with Gasteiger partial charge in [0.15, 0.2) is 0 Å². The van der Waals surface area contributed by atoms with E-state index in [4.69, 9.17) is 11.0 Å². The summed E-state index contributed by atoms with van der Waals surface area (Å²) in [4.78, 5) is 0.0378. The van der Waals surface area contributed by atoms with Gasteiger partial charge in [-0.15, -0.1) is 0 Å². The lowest BCUT2D eigenvalue weighted by Crippen LogP contribution is -2.27. The van der Waals surface area contributed by atoms with Gasteiger partial charge in [0.1, 0.15) is 4.90 Å². The van der Waals surface area contributed by atoms with Gasteiger partial charge >= 0.3 is 0 Å². The van der Waals surface area contributed by atoms with Gasteiger partial charge in [0, 0.05) is 13.6 Å². The lowest BCUT2D eigenvalue weighted by atomic mass is 10.2. The molecule has 0 saturated carbocycles. The summed E-state index contributed by atoms with van der Waals surface area (Å²) in [6.07, 6.45) is 0. The summed E-state index contributed by atoms with van der Waals surface area (Å²) in [5.74, 6) is 0. The van der Waals surface area contributed by atoms with Crippen LogP contribution < -0.4 is 5.73 Å². The van der Waals surface area contributed by atoms with Crippen LogP contribution in [0, 0.1) is 11.3 Å². The molecule has 0 spiro atoms. The minimum Gasteiger partial charge on any atom is -0.398 e. The fourth-order valence-electron chi connectivity index (χ4n) is 1.19. The van der Waals surface area contributed by atoms with Crippen molar-refractivity contribution in [3.05, 3.63) is 23.8 Å². The smallest absolute Gasteiger partial charge is 0.244 e. The van der Waals surface area contributed by atoms with Crippen LogP contribution in [0.1, 0.15) is 12.5 Å². The van der Waals surface area contributed by atoms with E-state index in [1.807, 2.05) is 6.07 Å². The van der Waals surface area contributed by atoms with Gasteiger partial charge in [-0.2, -0.15) is 5.26 Å². The Bertz CT molecular complexity index is 531. The van der Waals surface area contributed by atoms with Crippen molar-refractivity contribution in [2.45, 2.75) is 11.8 Å². The molecule has 0 aliphatic heterocycles. The zero-order chi connectivity index (χ0) is 12.3. The Hall–Kier alpha value is -1.58. The fraction of sp³-hybridized carbons (Fsp3) is 0.300. The SMILES string of the molecule is CCN(C)S(=O)(=O)c1ccc(C#N)cc1N. The van der Waals surface area contributed by atoms with Crippen LogP contribution in [0.3, 0.4) is 0 Å². The highest BCUT2D eigenvalue weighted by Crippen LogP contribution is 2.22. The molecule has 0 aliphatic carbocycles. The minimum absolute atomic E-state index is 0.0378. The summed E-state index contributed by atoms with van der Waals surface area (Å²) < 4.78 is 25.1. The number of nitrogen functional groups attached to an aromatic ring is 1. The van der Waals surface area contributed by atoms with Crippen LogP contribution in [0.15, 0.2) is 23.1 Å². The zero-order valence-corrected chi connectivity index (χ0v) is 9.95. The third-order valence-electron chi connectivity index (χ3n) is 2.27. The first-order valence-electron chi connectivity index (χ1n) is 4.69. The van der Waals surface area contributed by atoms with Gasteiger partial charge in [0.25, 0.3) is 0 Å². The molecule has 16 heavy (non-hydrogen) atoms. The largest absolute Gasteiger partial charge is 0.398 e. The first-order chi connectivity index (χ1) is 7.43. The number of sulfonamides is 1. The van der Waals surface area contributed by atoms with Crippen LogP contribution in [0.4, 0.5) is 5.69 Å². The molecule has 1 rings (SSSR count). The Morgan fingerprint density at radius 3 is 2.56 bits per heavy atom. The van der Waals surface area contributed by atoms with Crippen molar-refractivity contribution in [2.75, 3.05) is 19.3 Å². The summed E-state index contributed by atoms with van der Waals surface area (Å²) in [6, 6.07) is 6.05. The summed E-state index contributed by atoms with van der Waals surface area (Å²) >= 11 is 0. The molecule has 0 amide bonds. The summed E-state index contributed by atoms with van der Waals surface area (Å²) in [5, 5.41) is 8.65. The van der Waals surface area contributed by atoms with Gasteiger partial charge in [-0.25, -0.2) is 12.7 Å². The van der Waals surface area contributed by atoms with Crippen LogP contribution in [-0.4, -0.2) is 26.3 Å². The lowest BCUT2D eigenvalue weighted by Gasteiger charge is -2.16. The van der Waals surface area contributed by atoms with Crippen molar-refractivity contribution < 1.29 is 8.42 Å². The molecular formula is C10H13N3O2S. The molecule has 6 heteroatoms. The molecular weight excluding hydrogens is 226 g/mol. The van der Waals surface area contributed by atoms with Crippen LogP contribution in [0.5, 0.6) is 0 Å². The zero-order valence-electron chi connectivity index (χ0n) is 9.14. The van der Waals surface area contributed by atoms with Gasteiger partial charge < -0.3 is 5.73 Å². The summed E-state index contributed by atoms with van der Waals surface area (Å²) in [5.41, 5.74) is 6.06. The molecule has 0 unspecified atom stereocenters. The molecule has 2 N–H and O–H groups in total. The van der Waals surface area contributed by atoms with E-state index in [2.05, 4.69) is 0 Å². The van der Waals surface area contributed by atoms with Crippen LogP contribution in [-0.2, 0) is 10.0 Å². The molecule has 1 aromatic rings. The number of nitrogens with two attached hydrogens (primary N) is 1. The first kappa shape index (κ1) is 12.5. The Labute approximate surface area is 95.1 Å². The second kappa shape index (κ2) is 4.51. The van der Waals surface area contributed by atoms with Gasteiger partial charge in [-0.05, 0) is 18.2 Å². The molecule has 0 fully saturated rings. The molecule has 86 valence electrons. The number of hydrogen-bond acceptors (Lipinski definition) is 4. The van der Waals surface area contributed by atoms with Crippen molar-refractivity contribution in [2.24, 2.45) is 0 Å². The predicted molar refractivity (Wildman–Crippen MR) is 61.1 cm³/mol. The Kier molecular flexibility index (Phi) is 3.52. The third-order valence-corrected chi connectivity index (χ3v) is 4.28. The molecule has 0 bridgehead atoms. The number of rotatable bonds is 3. The Morgan fingerprint density at radius 2 is 2.12 bits per heavy atom. The van der Waals surface area contributed by atoms with E-state index in [9.17, 15) is 8.42 Å². The van der Waals surface area contributed by atoms with Crippen molar-refractivity contribution >= 4 is 15.7 Å². The van der Waals surface area contributed by atoms with Crippen LogP contribution in [0.25, 0.3) is 0 Å². The van der Waals surface area contributed by atoms with Crippen LogP contribution >= 0.6 is 0 Å². The maximum absolute atomic E-state index is 11.9. The van der Waals surface area contributed by atoms with Gasteiger partial charge in [-0.3, -0.25) is 0 Å². The van der Waals surface area contributed by atoms with Crippen molar-refractivity contribution in [1.82, 2.24) is 4.31 Å². The average Bonchev–Trinajstić information content (AvgIpc) is 2.27. The molecule has 1 aromatic carbocycles. The number of hydrogen-bond donors (Lipinski definition) is 1. The molecule has 0 heterocycles. The van der Waals surface area contributed by atoms with E-state index in [0.29, 0.717) is 12.1 Å². The van der Waals surface area contributed by atoms with Crippen molar-refractivity contribution in [3.63, 3.8) is 0 Å². The van der Waals surface area contributed by atoms with Gasteiger partial charge in [0.05, 0.1) is 17.3 Å². The van der Waals surface area contributed by atoms with E-state index in [-0.39, 0.29) is 10.6 Å². The van der Waals surface area contributed by atoms with E-state index in [0.717, 1.165) is 0 Å². The molecule has 0 saturated heterocycles. The van der Waals surface area contributed by atoms with E-state index in [1.54, 1.807) is 6.92 Å². The Morgan fingerprint density at radius 1 is 1.50 bits per heavy atom. The second-order valence-corrected chi connectivity index (χ2v) is 5.30. The summed E-state index contributed by atoms with van der Waals surface area (Å²) in [7, 11) is -2.07. The Balaban J connectivity index is 3.31. The fourth-order valence-corrected chi connectivity index (χ4v) is 2.46. The average molecular weight is 239 g/mol. The van der Waals surface area contributed by atoms with Gasteiger partial charge in [-0.1, -0.05) is 6.92 Å². The quantitative estimate of drug-likeness (QED) is 0.789. The minimum atomic E-state index is -3.55. The van der Waals surface area contributed by atoms with E-state index in [1.165, 1.54) is 29.6 Å². The summed E-state index contributed by atoms with van der Waals surface area (Å²) in [6.45, 7) is 2.10. The second-order valence-electron chi connectivity index (χ2n) is 3.28. The van der Waals surface area contributed by atoms with Gasteiger partial charge in [0.2, 0.25) is 10.0 Å². The monoisotopic (exact) mass is 239 g/mol. The lowest BCUT2D eigenvalue weighted by molar-refractivity contribution is 0.487. The van der Waals surface area contributed by atoms with E-state index < -0.39 is 10.0 Å². The van der Waals surface area contributed by atoms with E-state index >= 15 is 0 Å². The predicted octanol–water partition coefficient (Wildman–Crippen LogP) is 0.781. The number of benzene rings is 1. The molecule has 0 atom stereocenters. The van der Waals surface area contributed by atoms with Crippen molar-refractivity contribution in [3.8, 4) is 6.07 Å². The highest BCUT2D eigenvalue weighted by molar-refractivity contribution is 7.89. The number of anilines is 1. The molecule has 0 aliphatic rings. The molecule has 0 aromatic heterocycles. The highest BCUT2D eigenvalue weighted by atomic mass is 32.2. The topological polar surface area (TPSA) is 87.2 Å². The number of nitrogens with zero attached hydrogens (tertiary/aromatic N) is 2. The highest BCUT2D eigenvalue weighted by Gasteiger charge is 2.21. The molecule has 0 radical (unpaired) electrons. The standard InChI is InChI=1S/C10H13N3O2S/c1-3-13(2)16(14,15)10-5-4-8(7-11)6-9(10)12/h4-6H,3,12H2,1-2H3.